The minimum Gasteiger partial charge on any atom is -0.382 e. The van der Waals surface area contributed by atoms with Crippen LogP contribution in [0.5, 0.6) is 0 Å². The van der Waals surface area contributed by atoms with Crippen molar-refractivity contribution in [2.45, 2.75) is 50.9 Å². The molecule has 1 N–H and O–H groups in total. The fraction of sp³-hybridized carbons (Fsp3) is 0.478. The van der Waals surface area contributed by atoms with E-state index in [1.807, 2.05) is 6.07 Å². The van der Waals surface area contributed by atoms with Crippen molar-refractivity contribution in [1.82, 2.24) is 4.57 Å². The van der Waals surface area contributed by atoms with Gasteiger partial charge in [-0.25, -0.2) is 0 Å². The molecular formula is C23H24F3N3O2. The molecule has 0 bridgehead atoms. The van der Waals surface area contributed by atoms with Gasteiger partial charge in [-0.3, -0.25) is 4.79 Å². The normalized spacial score (nSPS) is 17.4. The number of pyridine rings is 1. The summed E-state index contributed by atoms with van der Waals surface area (Å²) < 4.78 is 48.2. The molecule has 0 spiro atoms. The standard InChI is InChI=1S/C23H24F3N3O2/c24-23(25,26)20-13-16(3-4-21(20)28-17-7-11-31-12-8-17)18-6-10-29(9-5-15-1-2-15)22(30)19(18)14-27/h3-4,6,10,13,15,17,28H,1-2,5,7-9,11-12H2. The molecule has 1 aliphatic carbocycles. The Morgan fingerprint density at radius 3 is 2.55 bits per heavy atom. The second-order valence-electron chi connectivity index (χ2n) is 8.24. The average Bonchev–Trinajstić information content (AvgIpc) is 3.57. The van der Waals surface area contributed by atoms with E-state index >= 15 is 0 Å². The highest BCUT2D eigenvalue weighted by Gasteiger charge is 2.35. The van der Waals surface area contributed by atoms with E-state index in [1.165, 1.54) is 16.7 Å². The predicted molar refractivity (Wildman–Crippen MR) is 111 cm³/mol. The zero-order valence-corrected chi connectivity index (χ0v) is 17.0. The van der Waals surface area contributed by atoms with Gasteiger partial charge in [-0.15, -0.1) is 0 Å². The number of nitrogens with one attached hydrogen (secondary N) is 1. The smallest absolute Gasteiger partial charge is 0.382 e. The summed E-state index contributed by atoms with van der Waals surface area (Å²) in [5.74, 6) is 0.627. The summed E-state index contributed by atoms with van der Waals surface area (Å²) in [5, 5.41) is 12.6. The summed E-state index contributed by atoms with van der Waals surface area (Å²) in [6.07, 6.45) is 1.46. The molecular weight excluding hydrogens is 407 g/mol. The maximum atomic E-state index is 13.8. The van der Waals surface area contributed by atoms with E-state index in [2.05, 4.69) is 5.32 Å². The highest BCUT2D eigenvalue weighted by atomic mass is 19.4. The number of rotatable bonds is 6. The fourth-order valence-electron chi connectivity index (χ4n) is 3.96. The molecule has 1 aromatic carbocycles. The number of nitriles is 1. The van der Waals surface area contributed by atoms with E-state index in [9.17, 15) is 23.2 Å². The van der Waals surface area contributed by atoms with Crippen LogP contribution in [0.1, 0.15) is 43.2 Å². The number of nitrogens with zero attached hydrogens (tertiary/aromatic N) is 2. The van der Waals surface area contributed by atoms with E-state index < -0.39 is 17.3 Å². The third kappa shape index (κ3) is 4.93. The van der Waals surface area contributed by atoms with E-state index in [-0.39, 0.29) is 28.4 Å². The molecule has 0 radical (unpaired) electrons. The first-order valence-corrected chi connectivity index (χ1v) is 10.6. The molecule has 0 amide bonds. The third-order valence-electron chi connectivity index (χ3n) is 5.97. The molecule has 2 fully saturated rings. The zero-order chi connectivity index (χ0) is 22.0. The minimum atomic E-state index is -4.57. The van der Waals surface area contributed by atoms with Crippen LogP contribution in [0.15, 0.2) is 35.3 Å². The Hall–Kier alpha value is -2.79. The Morgan fingerprint density at radius 2 is 1.90 bits per heavy atom. The summed E-state index contributed by atoms with van der Waals surface area (Å²) in [6, 6.07) is 7.30. The summed E-state index contributed by atoms with van der Waals surface area (Å²) >= 11 is 0. The van der Waals surface area contributed by atoms with Crippen molar-refractivity contribution in [3.8, 4) is 17.2 Å². The van der Waals surface area contributed by atoms with E-state index in [0.29, 0.717) is 38.5 Å². The van der Waals surface area contributed by atoms with Crippen molar-refractivity contribution >= 4 is 5.69 Å². The number of alkyl halides is 3. The van der Waals surface area contributed by atoms with Gasteiger partial charge in [-0.05, 0) is 48.9 Å². The Kier molecular flexibility index (Phi) is 6.05. The van der Waals surface area contributed by atoms with Gasteiger partial charge in [0.05, 0.1) is 5.56 Å². The van der Waals surface area contributed by atoms with Crippen molar-refractivity contribution in [3.63, 3.8) is 0 Å². The van der Waals surface area contributed by atoms with Crippen LogP contribution in [-0.4, -0.2) is 23.8 Å². The van der Waals surface area contributed by atoms with Gasteiger partial charge < -0.3 is 14.6 Å². The monoisotopic (exact) mass is 431 g/mol. The quantitative estimate of drug-likeness (QED) is 0.714. The number of hydrogen-bond donors (Lipinski definition) is 1. The molecule has 1 saturated heterocycles. The molecule has 164 valence electrons. The molecule has 8 heteroatoms. The molecule has 1 saturated carbocycles. The Labute approximate surface area is 178 Å². The summed E-state index contributed by atoms with van der Waals surface area (Å²) in [7, 11) is 0. The number of halogens is 3. The molecule has 0 atom stereocenters. The van der Waals surface area contributed by atoms with E-state index in [0.717, 1.165) is 25.3 Å². The summed E-state index contributed by atoms with van der Waals surface area (Å²) in [6.45, 7) is 1.54. The number of ether oxygens (including phenoxy) is 1. The highest BCUT2D eigenvalue weighted by molar-refractivity contribution is 5.73. The maximum Gasteiger partial charge on any atom is 0.418 e. The van der Waals surface area contributed by atoms with Gasteiger partial charge >= 0.3 is 6.18 Å². The van der Waals surface area contributed by atoms with Crippen molar-refractivity contribution in [1.29, 1.82) is 5.26 Å². The first-order chi connectivity index (χ1) is 14.9. The van der Waals surface area contributed by atoms with Crippen molar-refractivity contribution < 1.29 is 17.9 Å². The van der Waals surface area contributed by atoms with Crippen LogP contribution in [-0.2, 0) is 17.5 Å². The van der Waals surface area contributed by atoms with Crippen LogP contribution in [0.2, 0.25) is 0 Å². The SMILES string of the molecule is N#Cc1c(-c2ccc(NC3CCOCC3)c(C(F)(F)F)c2)ccn(CCC2CC2)c1=O. The molecule has 31 heavy (non-hydrogen) atoms. The number of aromatic nitrogens is 1. The predicted octanol–water partition coefficient (Wildman–Crippen LogP) is 4.80. The topological polar surface area (TPSA) is 67.0 Å². The molecule has 2 aromatic rings. The van der Waals surface area contributed by atoms with E-state index in [4.69, 9.17) is 4.74 Å². The first kappa shape index (κ1) is 21.4. The molecule has 4 rings (SSSR count). The molecule has 5 nitrogen and oxygen atoms in total. The maximum absolute atomic E-state index is 13.8. The van der Waals surface area contributed by atoms with Crippen LogP contribution in [0.25, 0.3) is 11.1 Å². The average molecular weight is 431 g/mol. The van der Waals surface area contributed by atoms with Crippen molar-refractivity contribution in [2.24, 2.45) is 5.92 Å². The van der Waals surface area contributed by atoms with Crippen LogP contribution >= 0.6 is 0 Å². The summed E-state index contributed by atoms with van der Waals surface area (Å²) in [5.41, 5.74) is -0.973. The number of benzene rings is 1. The van der Waals surface area contributed by atoms with Crippen molar-refractivity contribution in [2.75, 3.05) is 18.5 Å². The Morgan fingerprint density at radius 1 is 1.16 bits per heavy atom. The number of aryl methyl sites for hydroxylation is 1. The number of hydrogen-bond acceptors (Lipinski definition) is 4. The molecule has 0 unspecified atom stereocenters. The van der Waals surface area contributed by atoms with Gasteiger partial charge in [0.2, 0.25) is 0 Å². The largest absolute Gasteiger partial charge is 0.418 e. The van der Waals surface area contributed by atoms with Gasteiger partial charge in [-0.2, -0.15) is 18.4 Å². The van der Waals surface area contributed by atoms with Crippen LogP contribution < -0.4 is 10.9 Å². The second-order valence-corrected chi connectivity index (χ2v) is 8.24. The third-order valence-corrected chi connectivity index (χ3v) is 5.97. The van der Waals surface area contributed by atoms with Gasteiger partial charge in [0.1, 0.15) is 11.6 Å². The lowest BCUT2D eigenvalue weighted by Crippen LogP contribution is -2.29. The lowest BCUT2D eigenvalue weighted by atomic mass is 9.98. The summed E-state index contributed by atoms with van der Waals surface area (Å²) in [4.78, 5) is 12.7. The molecule has 2 aliphatic rings. The van der Waals surface area contributed by atoms with Crippen LogP contribution in [0.4, 0.5) is 18.9 Å². The van der Waals surface area contributed by atoms with Gasteiger partial charge in [-0.1, -0.05) is 18.9 Å². The van der Waals surface area contributed by atoms with Crippen LogP contribution in [0, 0.1) is 17.2 Å². The Balaban J connectivity index is 1.68. The lowest BCUT2D eigenvalue weighted by molar-refractivity contribution is -0.136. The van der Waals surface area contributed by atoms with Gasteiger partial charge in [0.25, 0.3) is 5.56 Å². The van der Waals surface area contributed by atoms with Gasteiger partial charge in [0.15, 0.2) is 0 Å². The minimum absolute atomic E-state index is 0.000525. The van der Waals surface area contributed by atoms with Crippen LogP contribution in [0.3, 0.4) is 0 Å². The van der Waals surface area contributed by atoms with Gasteiger partial charge in [0, 0.05) is 43.2 Å². The van der Waals surface area contributed by atoms with E-state index in [1.54, 1.807) is 12.3 Å². The fourth-order valence-corrected chi connectivity index (χ4v) is 3.96. The molecule has 2 heterocycles. The zero-order valence-electron chi connectivity index (χ0n) is 17.0. The second kappa shape index (κ2) is 8.75. The first-order valence-electron chi connectivity index (χ1n) is 10.6. The highest BCUT2D eigenvalue weighted by Crippen LogP contribution is 2.38. The van der Waals surface area contributed by atoms with Crippen molar-refractivity contribution in [3.05, 3.63) is 51.9 Å². The Bertz CT molecular complexity index is 1050. The molecule has 1 aromatic heterocycles. The lowest BCUT2D eigenvalue weighted by Gasteiger charge is -2.26. The number of anilines is 1. The molecule has 1 aliphatic heterocycles.